The second-order valence-electron chi connectivity index (χ2n) is 6.17. The number of benzene rings is 1. The molecule has 122 valence electrons. The molecule has 0 saturated carbocycles. The van der Waals surface area contributed by atoms with Gasteiger partial charge in [-0.1, -0.05) is 12.1 Å². The molecule has 1 amide bonds. The van der Waals surface area contributed by atoms with Gasteiger partial charge in [-0.05, 0) is 51.0 Å². The molecule has 6 nitrogen and oxygen atoms in total. The third kappa shape index (κ3) is 5.58. The molecule has 1 aromatic heterocycles. The minimum Gasteiger partial charge on any atom is -0.488 e. The molecule has 0 spiro atoms. The van der Waals surface area contributed by atoms with Gasteiger partial charge in [0.1, 0.15) is 17.0 Å². The standard InChI is InChI=1S/C17H21N3O3/c1-17(2,3)23-13-6-4-12(5-7-13)10-11-18-16(22)14-8-9-15(21)20-19-14/h4-9H,10-11H2,1-3H3,(H,18,22)(H,20,21). The van der Waals surface area contributed by atoms with E-state index in [1.54, 1.807) is 0 Å². The van der Waals surface area contributed by atoms with Crippen LogP contribution in [0.2, 0.25) is 0 Å². The fourth-order valence-electron chi connectivity index (χ4n) is 1.96. The maximum absolute atomic E-state index is 11.8. The largest absolute Gasteiger partial charge is 0.488 e. The van der Waals surface area contributed by atoms with Crippen LogP contribution in [0.15, 0.2) is 41.2 Å². The number of ether oxygens (including phenoxy) is 1. The molecule has 0 unspecified atom stereocenters. The molecule has 1 aromatic carbocycles. The van der Waals surface area contributed by atoms with Gasteiger partial charge in [-0.2, -0.15) is 5.10 Å². The Balaban J connectivity index is 1.83. The van der Waals surface area contributed by atoms with Crippen molar-refractivity contribution in [1.29, 1.82) is 0 Å². The van der Waals surface area contributed by atoms with Crippen molar-refractivity contribution < 1.29 is 9.53 Å². The number of amides is 1. The van der Waals surface area contributed by atoms with E-state index in [1.807, 2.05) is 45.0 Å². The summed E-state index contributed by atoms with van der Waals surface area (Å²) >= 11 is 0. The van der Waals surface area contributed by atoms with Gasteiger partial charge >= 0.3 is 0 Å². The van der Waals surface area contributed by atoms with E-state index in [-0.39, 0.29) is 22.8 Å². The van der Waals surface area contributed by atoms with Crippen molar-refractivity contribution in [3.63, 3.8) is 0 Å². The molecule has 23 heavy (non-hydrogen) atoms. The third-order valence-corrected chi connectivity index (χ3v) is 2.96. The summed E-state index contributed by atoms with van der Waals surface area (Å²) in [7, 11) is 0. The molecule has 0 fully saturated rings. The number of hydrogen-bond donors (Lipinski definition) is 2. The Labute approximate surface area is 134 Å². The van der Waals surface area contributed by atoms with Crippen LogP contribution in [0.3, 0.4) is 0 Å². The Hall–Kier alpha value is -2.63. The van der Waals surface area contributed by atoms with Gasteiger partial charge in [0.2, 0.25) is 0 Å². The van der Waals surface area contributed by atoms with Crippen LogP contribution >= 0.6 is 0 Å². The zero-order valence-corrected chi connectivity index (χ0v) is 13.6. The first-order valence-corrected chi connectivity index (χ1v) is 7.45. The summed E-state index contributed by atoms with van der Waals surface area (Å²) in [6.07, 6.45) is 0.699. The average molecular weight is 315 g/mol. The lowest BCUT2D eigenvalue weighted by molar-refractivity contribution is 0.0948. The van der Waals surface area contributed by atoms with Crippen molar-refractivity contribution in [2.75, 3.05) is 6.54 Å². The zero-order chi connectivity index (χ0) is 16.9. The highest BCUT2D eigenvalue weighted by Crippen LogP contribution is 2.18. The molecule has 2 aromatic rings. The summed E-state index contributed by atoms with van der Waals surface area (Å²) in [5.41, 5.74) is 0.734. The number of nitrogens with zero attached hydrogens (tertiary/aromatic N) is 1. The number of carbonyl (C=O) groups is 1. The molecule has 0 radical (unpaired) electrons. The van der Waals surface area contributed by atoms with E-state index < -0.39 is 0 Å². The molecule has 0 saturated heterocycles. The van der Waals surface area contributed by atoms with Crippen LogP contribution in [-0.2, 0) is 6.42 Å². The van der Waals surface area contributed by atoms with E-state index in [2.05, 4.69) is 15.5 Å². The molecule has 0 bridgehead atoms. The Kier molecular flexibility index (Phi) is 5.16. The van der Waals surface area contributed by atoms with Crippen LogP contribution in [0.1, 0.15) is 36.8 Å². The van der Waals surface area contributed by atoms with Crippen molar-refractivity contribution >= 4 is 5.91 Å². The maximum Gasteiger partial charge on any atom is 0.271 e. The quantitative estimate of drug-likeness (QED) is 0.883. The second kappa shape index (κ2) is 7.09. The van der Waals surface area contributed by atoms with Gasteiger partial charge < -0.3 is 10.1 Å². The SMILES string of the molecule is CC(C)(C)Oc1ccc(CCNC(=O)c2ccc(=O)[nH]n2)cc1. The molecule has 6 heteroatoms. The Morgan fingerprint density at radius 3 is 2.43 bits per heavy atom. The number of rotatable bonds is 5. The molecule has 2 rings (SSSR count). The fourth-order valence-corrected chi connectivity index (χ4v) is 1.96. The van der Waals surface area contributed by atoms with Crippen LogP contribution in [0.4, 0.5) is 0 Å². The van der Waals surface area contributed by atoms with E-state index in [9.17, 15) is 9.59 Å². The van der Waals surface area contributed by atoms with E-state index in [4.69, 9.17) is 4.74 Å². The number of aromatic nitrogens is 2. The van der Waals surface area contributed by atoms with Gasteiger partial charge in [-0.15, -0.1) is 0 Å². The maximum atomic E-state index is 11.8. The van der Waals surface area contributed by atoms with Crippen LogP contribution < -0.4 is 15.6 Å². The van der Waals surface area contributed by atoms with Crippen molar-refractivity contribution in [3.05, 3.63) is 58.0 Å². The van der Waals surface area contributed by atoms with Crippen molar-refractivity contribution in [3.8, 4) is 5.75 Å². The van der Waals surface area contributed by atoms with Crippen LogP contribution in [0, 0.1) is 0 Å². The number of aromatic amines is 1. The third-order valence-electron chi connectivity index (χ3n) is 2.96. The lowest BCUT2D eigenvalue weighted by Gasteiger charge is -2.21. The van der Waals surface area contributed by atoms with Gasteiger partial charge in [-0.25, -0.2) is 5.10 Å². The first-order valence-electron chi connectivity index (χ1n) is 7.45. The summed E-state index contributed by atoms with van der Waals surface area (Å²) < 4.78 is 5.76. The van der Waals surface area contributed by atoms with E-state index in [0.29, 0.717) is 13.0 Å². The first-order chi connectivity index (χ1) is 10.8. The van der Waals surface area contributed by atoms with Gasteiger partial charge in [0.25, 0.3) is 11.5 Å². The number of nitrogens with one attached hydrogen (secondary N) is 2. The Bertz CT molecular complexity index is 695. The lowest BCUT2D eigenvalue weighted by Crippen LogP contribution is -2.27. The Morgan fingerprint density at radius 2 is 1.87 bits per heavy atom. The van der Waals surface area contributed by atoms with Gasteiger partial charge in [0.15, 0.2) is 0 Å². The molecule has 0 aliphatic rings. The molecule has 2 N–H and O–H groups in total. The number of hydrogen-bond acceptors (Lipinski definition) is 4. The summed E-state index contributed by atoms with van der Waals surface area (Å²) in [5.74, 6) is 0.511. The second-order valence-corrected chi connectivity index (χ2v) is 6.17. The normalized spacial score (nSPS) is 11.1. The molecular weight excluding hydrogens is 294 g/mol. The lowest BCUT2D eigenvalue weighted by atomic mass is 10.1. The van der Waals surface area contributed by atoms with Gasteiger partial charge in [0, 0.05) is 12.6 Å². The predicted octanol–water partition coefficient (Wildman–Crippen LogP) is 1.92. The van der Waals surface area contributed by atoms with Crippen LogP contribution in [-0.4, -0.2) is 28.3 Å². The summed E-state index contributed by atoms with van der Waals surface area (Å²) in [4.78, 5) is 22.7. The molecule has 0 atom stereocenters. The monoisotopic (exact) mass is 315 g/mol. The van der Waals surface area contributed by atoms with Crippen molar-refractivity contribution in [2.45, 2.75) is 32.8 Å². The minimum absolute atomic E-state index is 0.193. The zero-order valence-electron chi connectivity index (χ0n) is 13.6. The predicted molar refractivity (Wildman–Crippen MR) is 87.7 cm³/mol. The molecular formula is C17H21N3O3. The van der Waals surface area contributed by atoms with E-state index in [1.165, 1.54) is 12.1 Å². The number of carbonyl (C=O) groups excluding carboxylic acids is 1. The van der Waals surface area contributed by atoms with Crippen molar-refractivity contribution in [2.24, 2.45) is 0 Å². The minimum atomic E-state index is -0.334. The summed E-state index contributed by atoms with van der Waals surface area (Å²) in [6, 6.07) is 10.5. The highest BCUT2D eigenvalue weighted by molar-refractivity contribution is 5.91. The highest BCUT2D eigenvalue weighted by atomic mass is 16.5. The number of H-pyrrole nitrogens is 1. The van der Waals surface area contributed by atoms with Crippen LogP contribution in [0.5, 0.6) is 5.75 Å². The van der Waals surface area contributed by atoms with E-state index >= 15 is 0 Å². The van der Waals surface area contributed by atoms with Crippen molar-refractivity contribution in [1.82, 2.24) is 15.5 Å². The molecule has 0 aliphatic heterocycles. The Morgan fingerprint density at radius 1 is 1.17 bits per heavy atom. The smallest absolute Gasteiger partial charge is 0.271 e. The first kappa shape index (κ1) is 16.7. The average Bonchev–Trinajstić information content (AvgIpc) is 2.48. The summed E-state index contributed by atoms with van der Waals surface area (Å²) in [6.45, 7) is 6.49. The molecule has 1 heterocycles. The van der Waals surface area contributed by atoms with Gasteiger partial charge in [-0.3, -0.25) is 9.59 Å². The van der Waals surface area contributed by atoms with E-state index in [0.717, 1.165) is 11.3 Å². The van der Waals surface area contributed by atoms with Gasteiger partial charge in [0.05, 0.1) is 0 Å². The summed E-state index contributed by atoms with van der Waals surface area (Å²) in [5, 5.41) is 8.68. The van der Waals surface area contributed by atoms with Crippen LogP contribution in [0.25, 0.3) is 0 Å². The highest BCUT2D eigenvalue weighted by Gasteiger charge is 2.11. The topological polar surface area (TPSA) is 84.1 Å². The molecule has 0 aliphatic carbocycles. The fraction of sp³-hybridized carbons (Fsp3) is 0.353.